The van der Waals surface area contributed by atoms with Crippen LogP contribution >= 0.6 is 0 Å². The maximum atomic E-state index is 8.65. The van der Waals surface area contributed by atoms with Crippen molar-refractivity contribution in [3.8, 4) is 28.7 Å². The highest BCUT2D eigenvalue weighted by Crippen LogP contribution is 2.25. The number of hydrogen-bond donors (Lipinski definition) is 3. The molecular weight excluding hydrogens is 424 g/mol. The topological polar surface area (TPSA) is 100 Å². The zero-order chi connectivity index (χ0) is 24.1. The third kappa shape index (κ3) is 5.36. The van der Waals surface area contributed by atoms with Gasteiger partial charge in [-0.2, -0.15) is 0 Å². The number of methoxy groups -OCH3 is 1. The average Bonchev–Trinajstić information content (AvgIpc) is 2.85. The van der Waals surface area contributed by atoms with E-state index >= 15 is 0 Å². The Balaban J connectivity index is 1.58. The Morgan fingerprint density at radius 3 is 2.53 bits per heavy atom. The van der Waals surface area contributed by atoms with E-state index in [2.05, 4.69) is 45.1 Å². The summed E-state index contributed by atoms with van der Waals surface area (Å²) in [6.45, 7) is 4.06. The summed E-state index contributed by atoms with van der Waals surface area (Å²) in [5.74, 6) is 7.79. The molecule has 1 saturated heterocycles. The van der Waals surface area contributed by atoms with E-state index in [-0.39, 0.29) is 17.6 Å². The molecule has 1 aliphatic heterocycles. The van der Waals surface area contributed by atoms with Gasteiger partial charge in [-0.25, -0.2) is 9.97 Å². The normalized spacial score (nSPS) is 14.2. The third-order valence-corrected chi connectivity index (χ3v) is 6.17. The van der Waals surface area contributed by atoms with Gasteiger partial charge in [-0.1, -0.05) is 30.2 Å². The van der Waals surface area contributed by atoms with Crippen molar-refractivity contribution in [1.29, 1.82) is 5.41 Å². The molecule has 34 heavy (non-hydrogen) atoms. The molecule has 2 aromatic carbocycles. The number of rotatable bonds is 5. The van der Waals surface area contributed by atoms with Crippen LogP contribution in [-0.4, -0.2) is 53.9 Å². The maximum Gasteiger partial charge on any atom is 0.141 e. The number of hydrogen-bond acceptors (Lipinski definition) is 7. The number of nitrogens with two attached hydrogens (primary N) is 1. The van der Waals surface area contributed by atoms with Gasteiger partial charge in [0.2, 0.25) is 0 Å². The van der Waals surface area contributed by atoms with Crippen LogP contribution in [0.15, 0.2) is 48.8 Å². The lowest BCUT2D eigenvalue weighted by atomic mass is 9.99. The molecule has 0 amide bonds. The van der Waals surface area contributed by atoms with E-state index in [9.17, 15) is 0 Å². The lowest BCUT2D eigenvalue weighted by Crippen LogP contribution is -2.37. The molecule has 0 radical (unpaired) electrons. The van der Waals surface area contributed by atoms with E-state index in [4.69, 9.17) is 15.9 Å². The molecule has 3 aromatic rings. The van der Waals surface area contributed by atoms with Crippen molar-refractivity contribution in [2.45, 2.75) is 25.8 Å². The third-order valence-electron chi connectivity index (χ3n) is 6.17. The van der Waals surface area contributed by atoms with Crippen molar-refractivity contribution in [3.05, 3.63) is 65.5 Å². The van der Waals surface area contributed by atoms with Gasteiger partial charge >= 0.3 is 0 Å². The van der Waals surface area contributed by atoms with Crippen molar-refractivity contribution in [2.24, 2.45) is 0 Å². The summed E-state index contributed by atoms with van der Waals surface area (Å²) in [7, 11) is 3.78. The Kier molecular flexibility index (Phi) is 7.09. The van der Waals surface area contributed by atoms with Crippen molar-refractivity contribution >= 4 is 17.3 Å². The molecule has 0 saturated carbocycles. The molecule has 7 heteroatoms. The lowest BCUT2D eigenvalue weighted by Gasteiger charge is -2.30. The number of likely N-dealkylation sites (tertiary alicyclic amines) is 1. The molecular formula is C27H30N6O. The molecule has 0 atom stereocenters. The summed E-state index contributed by atoms with van der Waals surface area (Å²) in [6.07, 6.45) is 3.45. The molecule has 174 valence electrons. The number of nitrogen functional groups attached to an aromatic ring is 1. The molecule has 2 heterocycles. The molecule has 0 aliphatic carbocycles. The predicted octanol–water partition coefficient (Wildman–Crippen LogP) is 3.97. The standard InChI is InChI=1S/C27H30N6O/c1-18-4-5-21(19-6-9-23(34-3)10-7-19)16-20(18)8-11-24(28)25-26(29)30-17-31-27(25)32-22-12-14-33(2)15-13-22/h4-7,9-10,16-17,22,28H,12-15H2,1-3H3,(H3,29,30,31,32). The predicted molar refractivity (Wildman–Crippen MR) is 137 cm³/mol. The van der Waals surface area contributed by atoms with Crippen molar-refractivity contribution in [3.63, 3.8) is 0 Å². The number of anilines is 2. The van der Waals surface area contributed by atoms with Crippen LogP contribution in [0.5, 0.6) is 5.75 Å². The number of nitrogens with zero attached hydrogens (tertiary/aromatic N) is 3. The number of nitrogens with one attached hydrogen (secondary N) is 2. The molecule has 0 spiro atoms. The van der Waals surface area contributed by atoms with E-state index in [1.54, 1.807) is 7.11 Å². The summed E-state index contributed by atoms with van der Waals surface area (Å²) in [5, 5.41) is 12.1. The van der Waals surface area contributed by atoms with Crippen LogP contribution in [0.2, 0.25) is 0 Å². The summed E-state index contributed by atoms with van der Waals surface area (Å²) in [4.78, 5) is 10.8. The molecule has 1 aliphatic rings. The van der Waals surface area contributed by atoms with E-state index in [1.165, 1.54) is 6.33 Å². The number of aromatic nitrogens is 2. The summed E-state index contributed by atoms with van der Waals surface area (Å²) < 4.78 is 5.25. The summed E-state index contributed by atoms with van der Waals surface area (Å²) in [6, 6.07) is 14.4. The van der Waals surface area contributed by atoms with Crippen LogP contribution in [0.3, 0.4) is 0 Å². The average molecular weight is 455 g/mol. The zero-order valence-corrected chi connectivity index (χ0v) is 19.9. The first-order valence-electron chi connectivity index (χ1n) is 11.4. The van der Waals surface area contributed by atoms with Gasteiger partial charge in [-0.15, -0.1) is 0 Å². The molecule has 4 rings (SSSR count). The zero-order valence-electron chi connectivity index (χ0n) is 19.9. The number of benzene rings is 2. The number of aryl methyl sites for hydroxylation is 1. The molecule has 1 fully saturated rings. The van der Waals surface area contributed by atoms with Crippen molar-refractivity contribution in [2.75, 3.05) is 38.3 Å². The minimum Gasteiger partial charge on any atom is -0.497 e. The Bertz CT molecular complexity index is 1230. The van der Waals surface area contributed by atoms with Gasteiger partial charge in [-0.05, 0) is 80.7 Å². The summed E-state index contributed by atoms with van der Waals surface area (Å²) >= 11 is 0. The second kappa shape index (κ2) is 10.4. The van der Waals surface area contributed by atoms with Crippen LogP contribution in [0.1, 0.15) is 29.5 Å². The largest absolute Gasteiger partial charge is 0.497 e. The van der Waals surface area contributed by atoms with Gasteiger partial charge in [0, 0.05) is 11.6 Å². The van der Waals surface area contributed by atoms with E-state index in [0.29, 0.717) is 11.4 Å². The van der Waals surface area contributed by atoms with Crippen LogP contribution in [0.4, 0.5) is 11.6 Å². The molecule has 0 unspecified atom stereocenters. The highest BCUT2D eigenvalue weighted by atomic mass is 16.5. The van der Waals surface area contributed by atoms with E-state index in [0.717, 1.165) is 53.9 Å². The van der Waals surface area contributed by atoms with E-state index < -0.39 is 0 Å². The first-order valence-corrected chi connectivity index (χ1v) is 11.4. The van der Waals surface area contributed by atoms with Gasteiger partial charge in [0.15, 0.2) is 0 Å². The number of ether oxygens (including phenoxy) is 1. The van der Waals surface area contributed by atoms with Crippen LogP contribution in [-0.2, 0) is 0 Å². The summed E-state index contributed by atoms with van der Waals surface area (Å²) in [5.41, 5.74) is 10.7. The molecule has 4 N–H and O–H groups in total. The first-order chi connectivity index (χ1) is 16.4. The highest BCUT2D eigenvalue weighted by molar-refractivity contribution is 6.16. The fourth-order valence-corrected chi connectivity index (χ4v) is 4.01. The Hall–Kier alpha value is -3.89. The monoisotopic (exact) mass is 454 g/mol. The van der Waals surface area contributed by atoms with Gasteiger partial charge in [0.25, 0.3) is 0 Å². The van der Waals surface area contributed by atoms with Crippen LogP contribution in [0, 0.1) is 24.2 Å². The Morgan fingerprint density at radius 1 is 1.12 bits per heavy atom. The Labute approximate surface area is 200 Å². The molecule has 0 bridgehead atoms. The van der Waals surface area contributed by atoms with Gasteiger partial charge in [0.1, 0.15) is 29.4 Å². The van der Waals surface area contributed by atoms with Crippen molar-refractivity contribution < 1.29 is 4.74 Å². The number of piperidine rings is 1. The quantitative estimate of drug-likeness (QED) is 0.398. The minimum absolute atomic E-state index is 0.0998. The smallest absolute Gasteiger partial charge is 0.141 e. The minimum atomic E-state index is 0.0998. The fraction of sp³-hybridized carbons (Fsp3) is 0.296. The molecule has 1 aromatic heterocycles. The maximum absolute atomic E-state index is 8.65. The Morgan fingerprint density at radius 2 is 1.82 bits per heavy atom. The first kappa shape index (κ1) is 23.3. The van der Waals surface area contributed by atoms with Crippen molar-refractivity contribution in [1.82, 2.24) is 14.9 Å². The van der Waals surface area contributed by atoms with Gasteiger partial charge < -0.3 is 20.7 Å². The lowest BCUT2D eigenvalue weighted by molar-refractivity contribution is 0.263. The van der Waals surface area contributed by atoms with E-state index in [1.807, 2.05) is 43.3 Å². The molecule has 7 nitrogen and oxygen atoms in total. The second-order valence-electron chi connectivity index (χ2n) is 8.59. The van der Waals surface area contributed by atoms with Crippen LogP contribution in [0.25, 0.3) is 11.1 Å². The van der Waals surface area contributed by atoms with Crippen LogP contribution < -0.4 is 15.8 Å². The highest BCUT2D eigenvalue weighted by Gasteiger charge is 2.20. The van der Waals surface area contributed by atoms with Gasteiger partial charge in [-0.3, -0.25) is 5.41 Å². The second-order valence-corrected chi connectivity index (χ2v) is 8.59. The SMILES string of the molecule is COc1ccc(-c2ccc(C)c(C#CC(=N)c3c(N)ncnc3NC3CCN(C)CC3)c2)cc1. The fourth-order valence-electron chi connectivity index (χ4n) is 4.01. The van der Waals surface area contributed by atoms with Gasteiger partial charge in [0.05, 0.1) is 12.7 Å².